The summed E-state index contributed by atoms with van der Waals surface area (Å²) in [4.78, 5) is 37.6. The molecule has 2 aromatic carbocycles. The lowest BCUT2D eigenvalue weighted by Gasteiger charge is -2.23. The van der Waals surface area contributed by atoms with Gasteiger partial charge in [0.05, 0.1) is 11.1 Å². The van der Waals surface area contributed by atoms with Gasteiger partial charge in [-0.25, -0.2) is 0 Å². The van der Waals surface area contributed by atoms with Gasteiger partial charge in [0.1, 0.15) is 22.6 Å². The van der Waals surface area contributed by atoms with E-state index in [0.717, 1.165) is 111 Å². The number of benzene rings is 2. The van der Waals surface area contributed by atoms with Gasteiger partial charge in [0.15, 0.2) is 11.5 Å². The van der Waals surface area contributed by atoms with Crippen LogP contribution in [0.3, 0.4) is 0 Å². The Hall–Kier alpha value is -4.46. The summed E-state index contributed by atoms with van der Waals surface area (Å²) in [5.74, 6) is 0.804. The Morgan fingerprint density at radius 2 is 0.920 bits per heavy atom. The number of furan rings is 2. The van der Waals surface area contributed by atoms with Crippen molar-refractivity contribution in [2.75, 3.05) is 49.1 Å². The topological polar surface area (TPSA) is 73.4 Å². The number of fused-ring (bicyclic) bond motifs is 3. The van der Waals surface area contributed by atoms with E-state index in [0.29, 0.717) is 47.2 Å². The SMILES string of the molecule is CCCCCCN1C(=O)C2=C(c3cc4ccc(N(CC)CC)cc4o3)N(CCCCCC)C(=O)C2=C1c1cc2ccc(N(CC)CC)cc2o1. The third-order valence-corrected chi connectivity index (χ3v) is 10.4. The molecule has 2 aliphatic rings. The minimum Gasteiger partial charge on any atom is -0.454 e. The molecule has 8 heteroatoms. The molecule has 4 heterocycles. The summed E-state index contributed by atoms with van der Waals surface area (Å²) in [6, 6.07) is 16.5. The Bertz CT molecular complexity index is 1770. The number of hydrogen-bond donors (Lipinski definition) is 0. The molecule has 0 N–H and O–H groups in total. The summed E-state index contributed by atoms with van der Waals surface area (Å²) in [6.07, 6.45) is 8.11. The highest BCUT2D eigenvalue weighted by Crippen LogP contribution is 2.48. The average Bonchev–Trinajstić information content (AvgIpc) is 3.87. The molecule has 2 aliphatic heterocycles. The quantitative estimate of drug-likeness (QED) is 0.0976. The van der Waals surface area contributed by atoms with Crippen molar-refractivity contribution in [3.05, 3.63) is 71.2 Å². The maximum Gasteiger partial charge on any atom is 0.261 e. The number of unbranched alkanes of at least 4 members (excludes halogenated alkanes) is 6. The van der Waals surface area contributed by atoms with Gasteiger partial charge in [-0.2, -0.15) is 0 Å². The van der Waals surface area contributed by atoms with Crippen LogP contribution < -0.4 is 9.80 Å². The smallest absolute Gasteiger partial charge is 0.261 e. The molecule has 4 aromatic rings. The molecule has 2 amide bonds. The van der Waals surface area contributed by atoms with Gasteiger partial charge in [-0.3, -0.25) is 9.59 Å². The summed E-state index contributed by atoms with van der Waals surface area (Å²) in [5.41, 5.74) is 5.71. The van der Waals surface area contributed by atoms with Gasteiger partial charge in [0.25, 0.3) is 11.8 Å². The Labute approximate surface area is 297 Å². The van der Waals surface area contributed by atoms with E-state index in [-0.39, 0.29) is 11.8 Å². The molecule has 0 bridgehead atoms. The van der Waals surface area contributed by atoms with Crippen molar-refractivity contribution in [1.29, 1.82) is 0 Å². The van der Waals surface area contributed by atoms with E-state index in [1.54, 1.807) is 9.80 Å². The minimum atomic E-state index is -0.153. The number of anilines is 2. The predicted octanol–water partition coefficient (Wildman–Crippen LogP) is 9.84. The molecule has 0 atom stereocenters. The summed E-state index contributed by atoms with van der Waals surface area (Å²) >= 11 is 0. The van der Waals surface area contributed by atoms with Gasteiger partial charge in [-0.15, -0.1) is 0 Å². The normalized spacial score (nSPS) is 14.8. The Morgan fingerprint density at radius 1 is 0.520 bits per heavy atom. The molecular weight excluding hydrogens is 624 g/mol. The van der Waals surface area contributed by atoms with E-state index in [9.17, 15) is 9.59 Å². The van der Waals surface area contributed by atoms with Gasteiger partial charge < -0.3 is 28.4 Å². The van der Waals surface area contributed by atoms with Crippen LogP contribution in [0.2, 0.25) is 0 Å². The number of nitrogens with zero attached hydrogens (tertiary/aromatic N) is 4. The van der Waals surface area contributed by atoms with Crippen LogP contribution in [0.25, 0.3) is 33.3 Å². The second-order valence-electron chi connectivity index (χ2n) is 13.5. The van der Waals surface area contributed by atoms with Crippen molar-refractivity contribution >= 4 is 56.5 Å². The van der Waals surface area contributed by atoms with E-state index in [2.05, 4.69) is 87.7 Å². The van der Waals surface area contributed by atoms with Crippen LogP contribution in [-0.4, -0.2) is 60.9 Å². The second-order valence-corrected chi connectivity index (χ2v) is 13.5. The largest absolute Gasteiger partial charge is 0.454 e. The molecule has 0 saturated heterocycles. The molecule has 0 fully saturated rings. The summed E-state index contributed by atoms with van der Waals surface area (Å²) in [7, 11) is 0. The van der Waals surface area contributed by atoms with Crippen molar-refractivity contribution in [3.8, 4) is 0 Å². The monoisotopic (exact) mass is 678 g/mol. The van der Waals surface area contributed by atoms with Gasteiger partial charge in [0.2, 0.25) is 0 Å². The zero-order valence-corrected chi connectivity index (χ0v) is 30.9. The number of rotatable bonds is 18. The molecule has 50 heavy (non-hydrogen) atoms. The van der Waals surface area contributed by atoms with Gasteiger partial charge >= 0.3 is 0 Å². The van der Waals surface area contributed by atoms with Crippen LogP contribution in [-0.2, 0) is 9.59 Å². The van der Waals surface area contributed by atoms with Crippen LogP contribution in [0.5, 0.6) is 0 Å². The maximum atomic E-state index is 14.7. The third kappa shape index (κ3) is 6.57. The highest BCUT2D eigenvalue weighted by atomic mass is 16.3. The van der Waals surface area contributed by atoms with Crippen LogP contribution in [0, 0.1) is 0 Å². The molecule has 6 rings (SSSR count). The maximum absolute atomic E-state index is 14.7. The zero-order valence-electron chi connectivity index (χ0n) is 30.9. The third-order valence-electron chi connectivity index (χ3n) is 10.4. The average molecular weight is 679 g/mol. The van der Waals surface area contributed by atoms with Crippen molar-refractivity contribution < 1.29 is 18.4 Å². The van der Waals surface area contributed by atoms with E-state index in [1.807, 2.05) is 12.1 Å². The number of carbonyl (C=O) groups is 2. The first kappa shape index (κ1) is 35.4. The fourth-order valence-corrected chi connectivity index (χ4v) is 7.57. The van der Waals surface area contributed by atoms with Crippen LogP contribution in [0.15, 0.2) is 68.5 Å². The van der Waals surface area contributed by atoms with E-state index >= 15 is 0 Å². The van der Waals surface area contributed by atoms with Gasteiger partial charge in [0, 0.05) is 73.5 Å². The lowest BCUT2D eigenvalue weighted by Crippen LogP contribution is -2.31. The summed E-state index contributed by atoms with van der Waals surface area (Å²) in [5, 5.41) is 1.89. The molecule has 2 aromatic heterocycles. The van der Waals surface area contributed by atoms with Crippen molar-refractivity contribution in [2.24, 2.45) is 0 Å². The standard InChI is InChI=1S/C42H54N4O4/c1-7-13-15-17-23-45-39(35-25-29-19-21-31(27-33(29)49-35)43(9-3)10-4)37-38(41(45)47)40(46(42(37)48)24-18-16-14-8-2)36-26-30-20-22-32(28-34(30)50-36)44(11-5)12-6/h19-22,25-28H,7-18,23-24H2,1-6H3. The van der Waals surface area contributed by atoms with Crippen molar-refractivity contribution in [3.63, 3.8) is 0 Å². The summed E-state index contributed by atoms with van der Waals surface area (Å²) < 4.78 is 13.2. The van der Waals surface area contributed by atoms with E-state index in [4.69, 9.17) is 8.83 Å². The Morgan fingerprint density at radius 3 is 1.28 bits per heavy atom. The van der Waals surface area contributed by atoms with Crippen LogP contribution in [0.4, 0.5) is 11.4 Å². The molecule has 0 aliphatic carbocycles. The molecular formula is C42H54N4O4. The van der Waals surface area contributed by atoms with E-state index < -0.39 is 0 Å². The Kier molecular flexibility index (Phi) is 11.0. The fourth-order valence-electron chi connectivity index (χ4n) is 7.57. The first-order chi connectivity index (χ1) is 24.4. The lowest BCUT2D eigenvalue weighted by molar-refractivity contribution is -0.124. The van der Waals surface area contributed by atoms with Gasteiger partial charge in [-0.1, -0.05) is 52.4 Å². The molecule has 0 unspecified atom stereocenters. The number of hydrogen-bond acceptors (Lipinski definition) is 6. The Balaban J connectivity index is 1.51. The van der Waals surface area contributed by atoms with Crippen molar-refractivity contribution in [2.45, 2.75) is 92.9 Å². The fraction of sp³-hybridized carbons (Fsp3) is 0.476. The number of carbonyl (C=O) groups excluding carboxylic acids is 2. The molecule has 0 saturated carbocycles. The summed E-state index contributed by atoms with van der Waals surface area (Å²) in [6.45, 7) is 17.6. The van der Waals surface area contributed by atoms with Gasteiger partial charge in [-0.05, 0) is 76.9 Å². The van der Waals surface area contributed by atoms with Crippen LogP contribution >= 0.6 is 0 Å². The molecule has 0 spiro atoms. The van der Waals surface area contributed by atoms with E-state index in [1.165, 1.54) is 0 Å². The molecule has 8 nitrogen and oxygen atoms in total. The highest BCUT2D eigenvalue weighted by molar-refractivity contribution is 6.30. The van der Waals surface area contributed by atoms with Crippen molar-refractivity contribution in [1.82, 2.24) is 9.80 Å². The second kappa shape index (κ2) is 15.6. The van der Waals surface area contributed by atoms with Crippen LogP contribution in [0.1, 0.15) is 104 Å². The first-order valence-corrected chi connectivity index (χ1v) is 19.1. The number of amides is 2. The minimum absolute atomic E-state index is 0.153. The first-order valence-electron chi connectivity index (χ1n) is 19.1. The highest BCUT2D eigenvalue weighted by Gasteiger charge is 2.50. The molecule has 0 radical (unpaired) electrons. The molecule has 266 valence electrons. The predicted molar refractivity (Wildman–Crippen MR) is 205 cm³/mol. The zero-order chi connectivity index (χ0) is 35.4. The lowest BCUT2D eigenvalue weighted by atomic mass is 10.1.